The molecule has 0 aliphatic carbocycles. The van der Waals surface area contributed by atoms with Crippen molar-refractivity contribution in [3.05, 3.63) is 70.2 Å². The van der Waals surface area contributed by atoms with Crippen LogP contribution in [0.5, 0.6) is 17.2 Å². The maximum atomic E-state index is 12.1. The number of benzene rings is 2. The van der Waals surface area contributed by atoms with Gasteiger partial charge in [-0.25, -0.2) is 4.98 Å². The Morgan fingerprint density at radius 3 is 2.54 bits per heavy atom. The van der Waals surface area contributed by atoms with Crippen molar-refractivity contribution in [1.29, 1.82) is 0 Å². The van der Waals surface area contributed by atoms with E-state index in [1.54, 1.807) is 18.2 Å². The summed E-state index contributed by atoms with van der Waals surface area (Å²) in [5, 5.41) is 2.66. The van der Waals surface area contributed by atoms with E-state index in [9.17, 15) is 4.79 Å². The van der Waals surface area contributed by atoms with Gasteiger partial charge in [0.05, 0.1) is 19.2 Å². The lowest BCUT2D eigenvalue weighted by Crippen LogP contribution is -2.12. The highest BCUT2D eigenvalue weighted by Gasteiger charge is 2.13. The molecule has 0 fully saturated rings. The molecule has 1 aromatic heterocycles. The fourth-order valence-corrected chi connectivity index (χ4v) is 2.99. The highest BCUT2D eigenvalue weighted by atomic mass is 32.1. The Morgan fingerprint density at radius 2 is 1.81 bits per heavy atom. The number of ether oxygens (including phenoxy) is 3. The lowest BCUT2D eigenvalue weighted by Gasteiger charge is -2.07. The van der Waals surface area contributed by atoms with E-state index < -0.39 is 0 Å². The monoisotopic (exact) mass is 369 g/mol. The number of rotatable bonds is 7. The molecule has 134 valence electrons. The summed E-state index contributed by atoms with van der Waals surface area (Å²) >= 11 is 1.46. The molecule has 6 heteroatoms. The van der Waals surface area contributed by atoms with Gasteiger partial charge in [0.2, 0.25) is 0 Å². The standard InChI is InChI=1S/C20H19NO4S/c1-14-7-9-16(10-8-14)24-12-19-21-15(13-26-19)11-20(22)25-18-6-4-3-5-17(18)23-2/h3-10,13H,11-12H2,1-2H3. The van der Waals surface area contributed by atoms with Gasteiger partial charge in [-0.2, -0.15) is 0 Å². The first-order valence-electron chi connectivity index (χ1n) is 8.10. The molecule has 1 heterocycles. The van der Waals surface area contributed by atoms with Crippen molar-refractivity contribution >= 4 is 17.3 Å². The number of hydrogen-bond donors (Lipinski definition) is 0. The molecule has 0 saturated heterocycles. The molecule has 26 heavy (non-hydrogen) atoms. The normalized spacial score (nSPS) is 10.4. The van der Waals surface area contributed by atoms with E-state index in [4.69, 9.17) is 14.2 Å². The highest BCUT2D eigenvalue weighted by Crippen LogP contribution is 2.26. The molecule has 0 N–H and O–H groups in total. The molecule has 0 aliphatic heterocycles. The lowest BCUT2D eigenvalue weighted by molar-refractivity contribution is -0.133. The van der Waals surface area contributed by atoms with Crippen LogP contribution < -0.4 is 14.2 Å². The second kappa shape index (κ2) is 8.49. The second-order valence-corrected chi connectivity index (χ2v) is 6.58. The number of aryl methyl sites for hydroxylation is 1. The summed E-state index contributed by atoms with van der Waals surface area (Å²) in [7, 11) is 1.54. The van der Waals surface area contributed by atoms with Crippen LogP contribution in [0, 0.1) is 6.92 Å². The van der Waals surface area contributed by atoms with Gasteiger partial charge in [0, 0.05) is 5.38 Å². The molecule has 0 unspecified atom stereocenters. The highest BCUT2D eigenvalue weighted by molar-refractivity contribution is 7.09. The molecule has 0 radical (unpaired) electrons. The van der Waals surface area contributed by atoms with Gasteiger partial charge < -0.3 is 14.2 Å². The fraction of sp³-hybridized carbons (Fsp3) is 0.200. The molecule has 3 aromatic rings. The van der Waals surface area contributed by atoms with Gasteiger partial charge in [-0.15, -0.1) is 11.3 Å². The number of carbonyl (C=O) groups excluding carboxylic acids is 1. The van der Waals surface area contributed by atoms with Crippen LogP contribution >= 0.6 is 11.3 Å². The molecule has 0 bridgehead atoms. The summed E-state index contributed by atoms with van der Waals surface area (Å²) in [5.41, 5.74) is 1.85. The zero-order valence-electron chi connectivity index (χ0n) is 14.6. The molecule has 0 atom stereocenters. The lowest BCUT2D eigenvalue weighted by atomic mass is 10.2. The minimum Gasteiger partial charge on any atom is -0.493 e. The Labute approximate surface area is 156 Å². The number of thiazole rings is 1. The van der Waals surface area contributed by atoms with Crippen LogP contribution in [0.4, 0.5) is 0 Å². The third kappa shape index (κ3) is 4.83. The Bertz CT molecular complexity index is 874. The minimum atomic E-state index is -0.384. The van der Waals surface area contributed by atoms with Crippen LogP contribution in [-0.4, -0.2) is 18.1 Å². The summed E-state index contributed by atoms with van der Waals surface area (Å²) in [6.45, 7) is 2.40. The van der Waals surface area contributed by atoms with Crippen LogP contribution in [0.1, 0.15) is 16.3 Å². The number of nitrogens with zero attached hydrogens (tertiary/aromatic N) is 1. The predicted molar refractivity (Wildman–Crippen MR) is 100.0 cm³/mol. The van der Waals surface area contributed by atoms with Crippen LogP contribution in [0.3, 0.4) is 0 Å². The van der Waals surface area contributed by atoms with Crippen LogP contribution in [0.15, 0.2) is 53.9 Å². The van der Waals surface area contributed by atoms with Crippen molar-refractivity contribution in [2.24, 2.45) is 0 Å². The SMILES string of the molecule is COc1ccccc1OC(=O)Cc1csc(COc2ccc(C)cc2)n1. The van der Waals surface area contributed by atoms with Crippen molar-refractivity contribution in [3.8, 4) is 17.2 Å². The van der Waals surface area contributed by atoms with Crippen molar-refractivity contribution in [2.45, 2.75) is 20.0 Å². The quantitative estimate of drug-likeness (QED) is 0.462. The average molecular weight is 369 g/mol. The molecular weight excluding hydrogens is 350 g/mol. The third-order valence-electron chi connectivity index (χ3n) is 3.60. The summed E-state index contributed by atoms with van der Waals surface area (Å²) in [6.07, 6.45) is 0.0963. The van der Waals surface area contributed by atoms with Crippen molar-refractivity contribution in [2.75, 3.05) is 7.11 Å². The molecule has 0 spiro atoms. The molecule has 3 rings (SSSR count). The van der Waals surface area contributed by atoms with Gasteiger partial charge in [0.15, 0.2) is 11.5 Å². The Kier molecular flexibility index (Phi) is 5.86. The summed E-state index contributed by atoms with van der Waals surface area (Å²) in [6, 6.07) is 14.9. The van der Waals surface area contributed by atoms with E-state index in [2.05, 4.69) is 4.98 Å². The first-order valence-corrected chi connectivity index (χ1v) is 8.98. The van der Waals surface area contributed by atoms with Gasteiger partial charge in [0.25, 0.3) is 0 Å². The topological polar surface area (TPSA) is 57.7 Å². The van der Waals surface area contributed by atoms with E-state index >= 15 is 0 Å². The predicted octanol–water partition coefficient (Wildman–Crippen LogP) is 4.19. The summed E-state index contributed by atoms with van der Waals surface area (Å²) < 4.78 is 16.2. The Hall–Kier alpha value is -2.86. The smallest absolute Gasteiger partial charge is 0.317 e. The summed E-state index contributed by atoms with van der Waals surface area (Å²) in [5.74, 6) is 1.33. The zero-order chi connectivity index (χ0) is 18.4. The van der Waals surface area contributed by atoms with Crippen molar-refractivity contribution in [3.63, 3.8) is 0 Å². The van der Waals surface area contributed by atoms with E-state index in [1.807, 2.05) is 42.6 Å². The van der Waals surface area contributed by atoms with Gasteiger partial charge in [-0.05, 0) is 31.2 Å². The first-order chi connectivity index (χ1) is 12.6. The van der Waals surface area contributed by atoms with Gasteiger partial charge in [0.1, 0.15) is 17.4 Å². The zero-order valence-corrected chi connectivity index (χ0v) is 15.4. The number of esters is 1. The minimum absolute atomic E-state index is 0.0963. The van der Waals surface area contributed by atoms with E-state index in [0.717, 1.165) is 10.8 Å². The molecule has 0 saturated carbocycles. The van der Waals surface area contributed by atoms with E-state index in [0.29, 0.717) is 23.8 Å². The number of carbonyl (C=O) groups is 1. The van der Waals surface area contributed by atoms with Gasteiger partial charge in [-0.3, -0.25) is 4.79 Å². The maximum Gasteiger partial charge on any atom is 0.317 e. The number of aromatic nitrogens is 1. The van der Waals surface area contributed by atoms with Gasteiger partial charge >= 0.3 is 5.97 Å². The Balaban J connectivity index is 1.54. The molecule has 2 aromatic carbocycles. The Morgan fingerprint density at radius 1 is 1.08 bits per heavy atom. The van der Waals surface area contributed by atoms with Crippen LogP contribution in [-0.2, 0) is 17.8 Å². The van der Waals surface area contributed by atoms with Crippen LogP contribution in [0.2, 0.25) is 0 Å². The summed E-state index contributed by atoms with van der Waals surface area (Å²) in [4.78, 5) is 16.6. The average Bonchev–Trinajstić information content (AvgIpc) is 3.09. The molecule has 5 nitrogen and oxygen atoms in total. The van der Waals surface area contributed by atoms with Crippen LogP contribution in [0.25, 0.3) is 0 Å². The number of hydrogen-bond acceptors (Lipinski definition) is 6. The fourth-order valence-electron chi connectivity index (χ4n) is 2.29. The first kappa shape index (κ1) is 17.9. The largest absolute Gasteiger partial charge is 0.493 e. The van der Waals surface area contributed by atoms with Gasteiger partial charge in [-0.1, -0.05) is 29.8 Å². The maximum absolute atomic E-state index is 12.1. The number of methoxy groups -OCH3 is 1. The van der Waals surface area contributed by atoms with Crippen molar-refractivity contribution in [1.82, 2.24) is 4.98 Å². The van der Waals surface area contributed by atoms with Crippen molar-refractivity contribution < 1.29 is 19.0 Å². The third-order valence-corrected chi connectivity index (χ3v) is 4.47. The van der Waals surface area contributed by atoms with E-state index in [1.165, 1.54) is 24.0 Å². The molecule has 0 amide bonds. The molecular formula is C20H19NO4S. The molecule has 0 aliphatic rings. The number of para-hydroxylation sites is 2. The van der Waals surface area contributed by atoms with E-state index in [-0.39, 0.29) is 12.4 Å². The second-order valence-electron chi connectivity index (χ2n) is 5.64.